The summed E-state index contributed by atoms with van der Waals surface area (Å²) >= 11 is 12.0. The van der Waals surface area contributed by atoms with E-state index in [0.717, 1.165) is 0 Å². The fourth-order valence-electron chi connectivity index (χ4n) is 2.48. The third-order valence-electron chi connectivity index (χ3n) is 3.72. The van der Waals surface area contributed by atoms with Gasteiger partial charge >= 0.3 is 0 Å². The second-order valence-corrected chi connectivity index (χ2v) is 6.55. The molecular formula is C17H13Cl2N3O5. The Labute approximate surface area is 162 Å². The quantitative estimate of drug-likeness (QED) is 0.495. The molecule has 2 aromatic carbocycles. The SMILES string of the molecule is O=c1c2cc(Cl)cc(Cl)c2ncn1CC(O)COc1cccc([N+](=O)[O-])c1. The zero-order chi connectivity index (χ0) is 19.6. The van der Waals surface area contributed by atoms with E-state index in [-0.39, 0.29) is 35.0 Å². The van der Waals surface area contributed by atoms with Gasteiger partial charge in [-0.15, -0.1) is 0 Å². The minimum absolute atomic E-state index is 0.0825. The maximum atomic E-state index is 12.5. The molecule has 0 spiro atoms. The molecule has 1 N–H and O–H groups in total. The van der Waals surface area contributed by atoms with Crippen molar-refractivity contribution in [3.8, 4) is 5.75 Å². The van der Waals surface area contributed by atoms with Gasteiger partial charge < -0.3 is 9.84 Å². The van der Waals surface area contributed by atoms with Crippen LogP contribution >= 0.6 is 23.2 Å². The predicted octanol–water partition coefficient (Wildman–Crippen LogP) is 3.05. The molecule has 0 aliphatic carbocycles. The van der Waals surface area contributed by atoms with Crippen LogP contribution in [0.2, 0.25) is 10.0 Å². The number of ether oxygens (including phenoxy) is 1. The van der Waals surface area contributed by atoms with E-state index in [4.69, 9.17) is 27.9 Å². The fourth-order valence-corrected chi connectivity index (χ4v) is 3.03. The van der Waals surface area contributed by atoms with Crippen LogP contribution in [0, 0.1) is 10.1 Å². The van der Waals surface area contributed by atoms with Gasteiger partial charge in [0, 0.05) is 11.1 Å². The van der Waals surface area contributed by atoms with Gasteiger partial charge in [0.15, 0.2) is 0 Å². The summed E-state index contributed by atoms with van der Waals surface area (Å²) in [7, 11) is 0. The van der Waals surface area contributed by atoms with E-state index in [2.05, 4.69) is 4.98 Å². The number of aliphatic hydroxyl groups is 1. The van der Waals surface area contributed by atoms with Crippen molar-refractivity contribution in [3.63, 3.8) is 0 Å². The molecule has 1 heterocycles. The van der Waals surface area contributed by atoms with Gasteiger partial charge in [-0.05, 0) is 18.2 Å². The molecule has 0 aliphatic rings. The molecule has 27 heavy (non-hydrogen) atoms. The molecule has 1 atom stereocenters. The highest BCUT2D eigenvalue weighted by Gasteiger charge is 2.13. The van der Waals surface area contributed by atoms with Crippen molar-refractivity contribution in [3.05, 3.63) is 73.2 Å². The van der Waals surface area contributed by atoms with Crippen molar-refractivity contribution in [2.45, 2.75) is 12.6 Å². The molecule has 0 amide bonds. The Morgan fingerprint density at radius 1 is 1.30 bits per heavy atom. The highest BCUT2D eigenvalue weighted by atomic mass is 35.5. The summed E-state index contributed by atoms with van der Waals surface area (Å²) < 4.78 is 6.58. The number of nitro benzene ring substituents is 1. The van der Waals surface area contributed by atoms with Crippen molar-refractivity contribution >= 4 is 39.8 Å². The Morgan fingerprint density at radius 2 is 2.07 bits per heavy atom. The number of benzene rings is 2. The summed E-state index contributed by atoms with van der Waals surface area (Å²) in [6.07, 6.45) is 0.233. The third kappa shape index (κ3) is 4.36. The van der Waals surface area contributed by atoms with Crippen LogP contribution < -0.4 is 10.3 Å². The number of nitrogens with zero attached hydrogens (tertiary/aromatic N) is 3. The Kier molecular flexibility index (Phi) is 5.59. The highest BCUT2D eigenvalue weighted by Crippen LogP contribution is 2.24. The number of nitro groups is 1. The van der Waals surface area contributed by atoms with Crippen LogP contribution in [-0.4, -0.2) is 32.3 Å². The molecule has 0 saturated carbocycles. The van der Waals surface area contributed by atoms with Crippen molar-refractivity contribution in [1.29, 1.82) is 0 Å². The number of aromatic nitrogens is 2. The second-order valence-electron chi connectivity index (χ2n) is 5.71. The molecule has 3 rings (SSSR count). The van der Waals surface area contributed by atoms with Gasteiger partial charge in [0.05, 0.1) is 39.8 Å². The van der Waals surface area contributed by atoms with Crippen molar-refractivity contribution in [1.82, 2.24) is 9.55 Å². The van der Waals surface area contributed by atoms with Crippen molar-refractivity contribution in [2.75, 3.05) is 6.61 Å². The summed E-state index contributed by atoms with van der Waals surface area (Å²) in [4.78, 5) is 26.9. The van der Waals surface area contributed by atoms with Gasteiger partial charge in [-0.2, -0.15) is 0 Å². The molecule has 10 heteroatoms. The van der Waals surface area contributed by atoms with Gasteiger partial charge in [-0.3, -0.25) is 19.5 Å². The first-order valence-corrected chi connectivity index (χ1v) is 8.50. The lowest BCUT2D eigenvalue weighted by Crippen LogP contribution is -2.30. The summed E-state index contributed by atoms with van der Waals surface area (Å²) in [6.45, 7) is -0.247. The molecule has 3 aromatic rings. The first-order chi connectivity index (χ1) is 12.8. The minimum atomic E-state index is -1.05. The largest absolute Gasteiger partial charge is 0.491 e. The number of fused-ring (bicyclic) bond motifs is 1. The van der Waals surface area contributed by atoms with E-state index in [0.29, 0.717) is 10.5 Å². The van der Waals surface area contributed by atoms with E-state index >= 15 is 0 Å². The molecule has 0 bridgehead atoms. The minimum Gasteiger partial charge on any atom is -0.491 e. The van der Waals surface area contributed by atoms with Gasteiger partial charge in [0.1, 0.15) is 18.5 Å². The van der Waals surface area contributed by atoms with Crippen LogP contribution in [0.4, 0.5) is 5.69 Å². The van der Waals surface area contributed by atoms with E-state index < -0.39 is 16.6 Å². The average molecular weight is 410 g/mol. The fraction of sp³-hybridized carbons (Fsp3) is 0.176. The van der Waals surface area contributed by atoms with Crippen molar-refractivity contribution in [2.24, 2.45) is 0 Å². The number of hydrogen-bond acceptors (Lipinski definition) is 6. The molecule has 0 radical (unpaired) electrons. The van der Waals surface area contributed by atoms with E-state index in [9.17, 15) is 20.0 Å². The third-order valence-corrected chi connectivity index (χ3v) is 4.23. The van der Waals surface area contributed by atoms with Crippen LogP contribution in [-0.2, 0) is 6.54 Å². The van der Waals surface area contributed by atoms with Crippen LogP contribution in [0.3, 0.4) is 0 Å². The molecule has 1 unspecified atom stereocenters. The van der Waals surface area contributed by atoms with Crippen LogP contribution in [0.15, 0.2) is 47.5 Å². The molecule has 140 valence electrons. The standard InChI is InChI=1S/C17H13Cl2N3O5/c18-10-4-14-16(15(19)5-10)20-9-21(17(14)24)7-12(23)8-27-13-3-1-2-11(6-13)22(25)26/h1-6,9,12,23H,7-8H2. The molecule has 0 aliphatic heterocycles. The molecular weight excluding hydrogens is 397 g/mol. The number of hydrogen-bond donors (Lipinski definition) is 1. The zero-order valence-electron chi connectivity index (χ0n) is 13.7. The first kappa shape index (κ1) is 19.1. The lowest BCUT2D eigenvalue weighted by Gasteiger charge is -2.14. The van der Waals surface area contributed by atoms with Gasteiger partial charge in [0.2, 0.25) is 0 Å². The lowest BCUT2D eigenvalue weighted by atomic mass is 10.2. The summed E-state index contributed by atoms with van der Waals surface area (Å²) in [5.74, 6) is 0.241. The molecule has 1 aromatic heterocycles. The molecule has 0 saturated heterocycles. The number of halogens is 2. The van der Waals surface area contributed by atoms with E-state index in [1.54, 1.807) is 0 Å². The van der Waals surface area contributed by atoms with Gasteiger partial charge in [-0.1, -0.05) is 29.3 Å². The predicted molar refractivity (Wildman–Crippen MR) is 101 cm³/mol. The Hall–Kier alpha value is -2.68. The highest BCUT2D eigenvalue weighted by molar-refractivity contribution is 6.38. The smallest absolute Gasteiger partial charge is 0.273 e. The average Bonchev–Trinajstić information content (AvgIpc) is 2.63. The van der Waals surface area contributed by atoms with E-state index in [1.807, 2.05) is 0 Å². The Morgan fingerprint density at radius 3 is 2.81 bits per heavy atom. The number of aliphatic hydroxyl groups excluding tert-OH is 1. The summed E-state index contributed by atoms with van der Waals surface area (Å²) in [5, 5.41) is 21.7. The normalized spacial score (nSPS) is 12.1. The number of rotatable bonds is 6. The summed E-state index contributed by atoms with van der Waals surface area (Å²) in [5.41, 5.74) is -0.200. The van der Waals surface area contributed by atoms with Crippen LogP contribution in [0.1, 0.15) is 0 Å². The maximum Gasteiger partial charge on any atom is 0.273 e. The second kappa shape index (κ2) is 7.91. The van der Waals surface area contributed by atoms with Crippen LogP contribution in [0.5, 0.6) is 5.75 Å². The maximum absolute atomic E-state index is 12.5. The molecule has 0 fully saturated rings. The Balaban J connectivity index is 1.73. The van der Waals surface area contributed by atoms with Crippen LogP contribution in [0.25, 0.3) is 10.9 Å². The topological polar surface area (TPSA) is 107 Å². The van der Waals surface area contributed by atoms with Crippen molar-refractivity contribution < 1.29 is 14.8 Å². The number of non-ortho nitro benzene ring substituents is 1. The first-order valence-electron chi connectivity index (χ1n) is 7.74. The lowest BCUT2D eigenvalue weighted by molar-refractivity contribution is -0.384. The van der Waals surface area contributed by atoms with E-state index in [1.165, 1.54) is 47.3 Å². The zero-order valence-corrected chi connectivity index (χ0v) is 15.2. The van der Waals surface area contributed by atoms with Gasteiger partial charge in [0.25, 0.3) is 11.2 Å². The summed E-state index contributed by atoms with van der Waals surface area (Å²) in [6, 6.07) is 8.55. The molecule has 8 nitrogen and oxygen atoms in total. The van der Waals surface area contributed by atoms with Gasteiger partial charge in [-0.25, -0.2) is 4.98 Å². The Bertz CT molecular complexity index is 1070. The monoisotopic (exact) mass is 409 g/mol.